The van der Waals surface area contributed by atoms with Gasteiger partial charge in [-0.3, -0.25) is 4.79 Å². The zero-order valence-electron chi connectivity index (χ0n) is 14.4. The Morgan fingerprint density at radius 3 is 2.84 bits per heavy atom. The van der Waals surface area contributed by atoms with Gasteiger partial charge >= 0.3 is 0 Å². The molecule has 0 saturated carbocycles. The van der Waals surface area contributed by atoms with Crippen molar-refractivity contribution in [3.63, 3.8) is 0 Å². The summed E-state index contributed by atoms with van der Waals surface area (Å²) in [5.41, 5.74) is 0.955. The molecule has 6 heteroatoms. The van der Waals surface area contributed by atoms with E-state index < -0.39 is 6.10 Å². The summed E-state index contributed by atoms with van der Waals surface area (Å²) in [6, 6.07) is 6.26. The maximum Gasteiger partial charge on any atom is 0.222 e. The average Bonchev–Trinajstić information content (AvgIpc) is 3.06. The van der Waals surface area contributed by atoms with Crippen LogP contribution in [0.5, 0.6) is 0 Å². The molecule has 5 nitrogen and oxygen atoms in total. The zero-order chi connectivity index (χ0) is 17.8. The van der Waals surface area contributed by atoms with E-state index in [1.807, 2.05) is 22.7 Å². The highest BCUT2D eigenvalue weighted by Gasteiger charge is 2.30. The highest BCUT2D eigenvalue weighted by molar-refractivity contribution is 5.76. The van der Waals surface area contributed by atoms with Crippen molar-refractivity contribution in [2.45, 2.75) is 31.8 Å². The van der Waals surface area contributed by atoms with E-state index in [2.05, 4.69) is 4.98 Å². The van der Waals surface area contributed by atoms with Crippen molar-refractivity contribution in [1.29, 1.82) is 0 Å². The molecule has 1 aliphatic rings. The topological polar surface area (TPSA) is 58.4 Å². The van der Waals surface area contributed by atoms with Crippen LogP contribution in [0.2, 0.25) is 0 Å². The minimum Gasteiger partial charge on any atom is -0.385 e. The Kier molecular flexibility index (Phi) is 5.48. The van der Waals surface area contributed by atoms with Crippen LogP contribution in [0.3, 0.4) is 0 Å². The van der Waals surface area contributed by atoms with Gasteiger partial charge in [-0.25, -0.2) is 9.37 Å². The molecule has 1 aliphatic heterocycles. The van der Waals surface area contributed by atoms with Gasteiger partial charge in [-0.1, -0.05) is 12.1 Å². The molecule has 3 rings (SSSR count). The molecule has 1 N–H and O–H groups in total. The van der Waals surface area contributed by atoms with Gasteiger partial charge in [-0.05, 0) is 37.0 Å². The zero-order valence-corrected chi connectivity index (χ0v) is 14.4. The Morgan fingerprint density at radius 2 is 2.16 bits per heavy atom. The summed E-state index contributed by atoms with van der Waals surface area (Å²) in [4.78, 5) is 18.6. The largest absolute Gasteiger partial charge is 0.385 e. The van der Waals surface area contributed by atoms with E-state index in [1.54, 1.807) is 18.3 Å². The van der Waals surface area contributed by atoms with Crippen molar-refractivity contribution in [2.75, 3.05) is 13.1 Å². The molecule has 1 aromatic heterocycles. The maximum atomic E-state index is 12.9. The van der Waals surface area contributed by atoms with E-state index in [0.29, 0.717) is 25.2 Å². The molecule has 0 radical (unpaired) electrons. The van der Waals surface area contributed by atoms with Gasteiger partial charge in [0, 0.05) is 44.9 Å². The van der Waals surface area contributed by atoms with Crippen LogP contribution in [0.4, 0.5) is 4.39 Å². The molecule has 25 heavy (non-hydrogen) atoms. The molecule has 2 unspecified atom stereocenters. The third-order valence-electron chi connectivity index (χ3n) is 4.92. The Bertz CT molecular complexity index is 714. The van der Waals surface area contributed by atoms with Gasteiger partial charge in [0.15, 0.2) is 0 Å². The normalized spacial score (nSPS) is 19.0. The summed E-state index contributed by atoms with van der Waals surface area (Å²) < 4.78 is 14.8. The van der Waals surface area contributed by atoms with E-state index in [-0.39, 0.29) is 17.6 Å². The number of aliphatic hydroxyl groups excluding tert-OH is 1. The summed E-state index contributed by atoms with van der Waals surface area (Å²) in [5, 5.41) is 10.6. The molecule has 2 atom stereocenters. The van der Waals surface area contributed by atoms with Crippen molar-refractivity contribution in [1.82, 2.24) is 14.5 Å². The molecule has 1 fully saturated rings. The van der Waals surface area contributed by atoms with Crippen LogP contribution in [0.1, 0.15) is 36.8 Å². The van der Waals surface area contributed by atoms with Gasteiger partial charge in [0.1, 0.15) is 17.7 Å². The van der Waals surface area contributed by atoms with Crippen LogP contribution < -0.4 is 0 Å². The summed E-state index contributed by atoms with van der Waals surface area (Å²) in [7, 11) is 1.86. The second-order valence-corrected chi connectivity index (χ2v) is 6.71. The van der Waals surface area contributed by atoms with Crippen LogP contribution in [0, 0.1) is 11.7 Å². The minimum absolute atomic E-state index is 0.00428. The number of halogens is 1. The number of aliphatic hydroxyl groups is 1. The minimum atomic E-state index is -0.660. The van der Waals surface area contributed by atoms with Crippen LogP contribution in [0.25, 0.3) is 0 Å². The van der Waals surface area contributed by atoms with E-state index in [4.69, 9.17) is 0 Å². The second-order valence-electron chi connectivity index (χ2n) is 6.71. The lowest BCUT2D eigenvalue weighted by Gasteiger charge is -2.35. The first-order chi connectivity index (χ1) is 12.0. The Hall–Kier alpha value is -2.21. The van der Waals surface area contributed by atoms with Crippen LogP contribution in [-0.2, 0) is 18.3 Å². The van der Waals surface area contributed by atoms with Crippen LogP contribution in [0.15, 0.2) is 36.7 Å². The molecular weight excluding hydrogens is 321 g/mol. The van der Waals surface area contributed by atoms with E-state index >= 15 is 0 Å². The van der Waals surface area contributed by atoms with Crippen LogP contribution >= 0.6 is 0 Å². The first-order valence-corrected chi connectivity index (χ1v) is 8.72. The number of hydrogen-bond donors (Lipinski definition) is 1. The first kappa shape index (κ1) is 17.6. The fourth-order valence-electron chi connectivity index (χ4n) is 3.43. The quantitative estimate of drug-likeness (QED) is 0.906. The molecule has 1 saturated heterocycles. The van der Waals surface area contributed by atoms with Crippen molar-refractivity contribution in [2.24, 2.45) is 13.0 Å². The van der Waals surface area contributed by atoms with Gasteiger partial charge in [0.2, 0.25) is 5.91 Å². The number of carbonyl (C=O) groups is 1. The lowest BCUT2D eigenvalue weighted by Crippen LogP contribution is -2.42. The Balaban J connectivity index is 1.56. The Labute approximate surface area is 147 Å². The molecule has 1 amide bonds. The number of piperidine rings is 1. The van der Waals surface area contributed by atoms with E-state index in [0.717, 1.165) is 24.9 Å². The maximum absolute atomic E-state index is 12.9. The van der Waals surface area contributed by atoms with Gasteiger partial charge in [-0.2, -0.15) is 0 Å². The molecule has 0 spiro atoms. The van der Waals surface area contributed by atoms with Gasteiger partial charge < -0.3 is 14.6 Å². The monoisotopic (exact) mass is 345 g/mol. The number of aryl methyl sites for hydroxylation is 2. The van der Waals surface area contributed by atoms with E-state index in [9.17, 15) is 14.3 Å². The van der Waals surface area contributed by atoms with Crippen molar-refractivity contribution in [3.05, 3.63) is 53.9 Å². The average molecular weight is 345 g/mol. The highest BCUT2D eigenvalue weighted by Crippen LogP contribution is 2.29. The van der Waals surface area contributed by atoms with Crippen molar-refractivity contribution >= 4 is 5.91 Å². The van der Waals surface area contributed by atoms with Gasteiger partial charge in [-0.15, -0.1) is 0 Å². The number of likely N-dealkylation sites (tertiary alicyclic amines) is 1. The fourth-order valence-corrected chi connectivity index (χ4v) is 3.43. The second kappa shape index (κ2) is 7.78. The lowest BCUT2D eigenvalue weighted by molar-refractivity contribution is -0.134. The number of benzene rings is 1. The summed E-state index contributed by atoms with van der Waals surface area (Å²) in [6.45, 7) is 1.28. The van der Waals surface area contributed by atoms with Gasteiger partial charge in [0.25, 0.3) is 0 Å². The molecule has 0 aliphatic carbocycles. The number of amides is 1. The first-order valence-electron chi connectivity index (χ1n) is 8.72. The molecule has 134 valence electrons. The summed E-state index contributed by atoms with van der Waals surface area (Å²) in [5.74, 6) is 0.466. The molecule has 2 heterocycles. The standard InChI is InChI=1S/C19H24FN3O2/c1-22-12-10-21-19(22)18(25)15-3-2-11-23(13-15)17(24)9-6-14-4-7-16(20)8-5-14/h4-5,7-8,10,12,15,18,25H,2-3,6,9,11,13H2,1H3. The number of imidazole rings is 1. The SMILES string of the molecule is Cn1ccnc1C(O)C1CCCN(C(=O)CCc2ccc(F)cc2)C1. The van der Waals surface area contributed by atoms with Crippen molar-refractivity contribution in [3.8, 4) is 0 Å². The molecule has 2 aromatic rings. The number of nitrogens with zero attached hydrogens (tertiary/aromatic N) is 3. The smallest absolute Gasteiger partial charge is 0.222 e. The third-order valence-corrected chi connectivity index (χ3v) is 4.92. The van der Waals surface area contributed by atoms with Gasteiger partial charge in [0.05, 0.1) is 0 Å². The fraction of sp³-hybridized carbons (Fsp3) is 0.474. The van der Waals surface area contributed by atoms with E-state index in [1.165, 1.54) is 12.1 Å². The number of rotatable bonds is 5. The molecular formula is C19H24FN3O2. The lowest BCUT2D eigenvalue weighted by atomic mass is 9.91. The van der Waals surface area contributed by atoms with Crippen LogP contribution in [-0.4, -0.2) is 38.6 Å². The molecule has 0 bridgehead atoms. The highest BCUT2D eigenvalue weighted by atomic mass is 19.1. The predicted octanol–water partition coefficient (Wildman–Crippen LogP) is 2.46. The number of aromatic nitrogens is 2. The summed E-state index contributed by atoms with van der Waals surface area (Å²) in [6.07, 6.45) is 5.59. The molecule has 1 aromatic carbocycles. The number of carbonyl (C=O) groups excluding carboxylic acids is 1. The third kappa shape index (κ3) is 4.25. The summed E-state index contributed by atoms with van der Waals surface area (Å²) >= 11 is 0. The Morgan fingerprint density at radius 1 is 1.40 bits per heavy atom. The van der Waals surface area contributed by atoms with Crippen molar-refractivity contribution < 1.29 is 14.3 Å². The number of hydrogen-bond acceptors (Lipinski definition) is 3. The predicted molar refractivity (Wildman–Crippen MR) is 92.2 cm³/mol.